The van der Waals surface area contributed by atoms with E-state index in [-0.39, 0.29) is 24.5 Å². The average Bonchev–Trinajstić information content (AvgIpc) is 2.34. The van der Waals surface area contributed by atoms with Crippen molar-refractivity contribution in [1.29, 1.82) is 0 Å². The topological polar surface area (TPSA) is 76.0 Å². The number of carbonyl (C=O) groups is 1. The largest absolute Gasteiger partial charge is 0.490 e. The van der Waals surface area contributed by atoms with E-state index in [9.17, 15) is 9.90 Å². The molecule has 0 radical (unpaired) electrons. The number of aliphatic hydroxyl groups excluding tert-OH is 1. The molecular weight excluding hydrogens is 304 g/mol. The molecule has 0 aliphatic carbocycles. The minimum absolute atomic E-state index is 0.0120. The fraction of sp³-hybridized carbons (Fsp3) is 0.417. The predicted octanol–water partition coefficient (Wildman–Crippen LogP) is 1.92. The Morgan fingerprint density at radius 2 is 2.17 bits per heavy atom. The van der Waals surface area contributed by atoms with Crippen LogP contribution in [0, 0.1) is 0 Å². The Labute approximate surface area is 113 Å². The van der Waals surface area contributed by atoms with Crippen LogP contribution in [0.1, 0.15) is 17.3 Å². The molecule has 6 heteroatoms. The summed E-state index contributed by atoms with van der Waals surface area (Å²) in [4.78, 5) is 11.0. The third-order valence-corrected chi connectivity index (χ3v) is 2.61. The molecule has 1 rings (SSSR count). The van der Waals surface area contributed by atoms with Crippen LogP contribution in [-0.2, 0) is 4.74 Å². The highest BCUT2D eigenvalue weighted by atomic mass is 79.9. The summed E-state index contributed by atoms with van der Waals surface area (Å²) in [5.41, 5.74) is 0.0491. The van der Waals surface area contributed by atoms with Crippen molar-refractivity contribution in [1.82, 2.24) is 0 Å². The molecule has 100 valence electrons. The van der Waals surface area contributed by atoms with Crippen LogP contribution in [0.25, 0.3) is 0 Å². The van der Waals surface area contributed by atoms with Gasteiger partial charge in [0.25, 0.3) is 0 Å². The van der Waals surface area contributed by atoms with E-state index >= 15 is 0 Å². The number of halogens is 1. The number of rotatable bonds is 7. The Bertz CT molecular complexity index is 407. The number of carboxylic acids is 1. The molecule has 0 heterocycles. The first kappa shape index (κ1) is 14.9. The molecule has 5 nitrogen and oxygen atoms in total. The summed E-state index contributed by atoms with van der Waals surface area (Å²) in [5, 5.41) is 18.5. The highest BCUT2D eigenvalue weighted by Crippen LogP contribution is 2.23. The second-order valence-corrected chi connectivity index (χ2v) is 4.49. The fourth-order valence-corrected chi connectivity index (χ4v) is 1.64. The van der Waals surface area contributed by atoms with Gasteiger partial charge in [0.15, 0.2) is 0 Å². The van der Waals surface area contributed by atoms with E-state index in [0.29, 0.717) is 11.1 Å². The normalized spacial score (nSPS) is 12.2. The van der Waals surface area contributed by atoms with Gasteiger partial charge in [0.05, 0.1) is 6.61 Å². The van der Waals surface area contributed by atoms with E-state index in [2.05, 4.69) is 15.9 Å². The number of aliphatic hydroxyl groups is 1. The van der Waals surface area contributed by atoms with Crippen molar-refractivity contribution >= 4 is 21.9 Å². The van der Waals surface area contributed by atoms with Gasteiger partial charge in [-0.3, -0.25) is 0 Å². The quantitative estimate of drug-likeness (QED) is 0.803. The molecule has 0 bridgehead atoms. The van der Waals surface area contributed by atoms with Gasteiger partial charge in [-0.1, -0.05) is 15.9 Å². The average molecular weight is 319 g/mol. The van der Waals surface area contributed by atoms with E-state index in [0.717, 1.165) is 0 Å². The molecule has 0 saturated carbocycles. The maximum Gasteiger partial charge on any atom is 0.339 e. The molecule has 0 amide bonds. The predicted molar refractivity (Wildman–Crippen MR) is 69.1 cm³/mol. The summed E-state index contributed by atoms with van der Waals surface area (Å²) in [6.45, 7) is 2.48. The van der Waals surface area contributed by atoms with Gasteiger partial charge in [-0.15, -0.1) is 0 Å². The van der Waals surface area contributed by atoms with E-state index in [4.69, 9.17) is 14.6 Å². The molecule has 0 spiro atoms. The van der Waals surface area contributed by atoms with Crippen molar-refractivity contribution in [3.63, 3.8) is 0 Å². The Morgan fingerprint density at radius 1 is 1.44 bits per heavy atom. The lowest BCUT2D eigenvalue weighted by atomic mass is 10.2. The summed E-state index contributed by atoms with van der Waals surface area (Å²) in [6, 6.07) is 4.67. The van der Waals surface area contributed by atoms with Crippen LogP contribution in [0.15, 0.2) is 22.7 Å². The van der Waals surface area contributed by atoms with Crippen LogP contribution in [0.4, 0.5) is 0 Å². The zero-order valence-electron chi connectivity index (χ0n) is 9.93. The van der Waals surface area contributed by atoms with Gasteiger partial charge in [0, 0.05) is 11.1 Å². The second-order valence-electron chi connectivity index (χ2n) is 3.57. The summed E-state index contributed by atoms with van der Waals surface area (Å²) in [7, 11) is 0. The van der Waals surface area contributed by atoms with Crippen LogP contribution in [0.2, 0.25) is 0 Å². The summed E-state index contributed by atoms with van der Waals surface area (Å²) >= 11 is 3.19. The van der Waals surface area contributed by atoms with E-state index < -0.39 is 12.1 Å². The van der Waals surface area contributed by atoms with Crippen LogP contribution in [0.3, 0.4) is 0 Å². The van der Waals surface area contributed by atoms with E-state index in [1.165, 1.54) is 6.07 Å². The number of aromatic carboxylic acids is 1. The molecule has 0 saturated heterocycles. The highest BCUT2D eigenvalue weighted by molar-refractivity contribution is 9.10. The maximum atomic E-state index is 11.0. The number of hydrogen-bond acceptors (Lipinski definition) is 4. The number of hydrogen-bond donors (Lipinski definition) is 2. The molecule has 1 atom stereocenters. The summed E-state index contributed by atoms with van der Waals surface area (Å²) < 4.78 is 11.0. The first-order valence-corrected chi connectivity index (χ1v) is 6.25. The SMILES string of the molecule is CCOCC(O)COc1ccc(Br)cc1C(=O)O. The Hall–Kier alpha value is -1.11. The molecule has 1 unspecified atom stereocenters. The maximum absolute atomic E-state index is 11.0. The van der Waals surface area contributed by atoms with Crippen LogP contribution < -0.4 is 4.74 Å². The lowest BCUT2D eigenvalue weighted by Gasteiger charge is -2.13. The van der Waals surface area contributed by atoms with Crippen LogP contribution in [0.5, 0.6) is 5.75 Å². The van der Waals surface area contributed by atoms with E-state index in [1.807, 2.05) is 6.92 Å². The molecule has 1 aromatic rings. The number of benzene rings is 1. The first-order valence-electron chi connectivity index (χ1n) is 5.46. The monoisotopic (exact) mass is 318 g/mol. The van der Waals surface area contributed by atoms with Gasteiger partial charge in [0.1, 0.15) is 24.0 Å². The molecule has 1 aromatic carbocycles. The van der Waals surface area contributed by atoms with Crippen molar-refractivity contribution in [2.75, 3.05) is 19.8 Å². The zero-order chi connectivity index (χ0) is 13.5. The van der Waals surface area contributed by atoms with Crippen molar-refractivity contribution in [2.45, 2.75) is 13.0 Å². The van der Waals surface area contributed by atoms with Gasteiger partial charge in [0.2, 0.25) is 0 Å². The van der Waals surface area contributed by atoms with Crippen molar-refractivity contribution < 1.29 is 24.5 Å². The van der Waals surface area contributed by atoms with Gasteiger partial charge < -0.3 is 19.7 Å². The summed E-state index contributed by atoms with van der Waals surface area (Å²) in [6.07, 6.45) is -0.782. The molecule has 0 aliphatic rings. The molecule has 0 aliphatic heterocycles. The van der Waals surface area contributed by atoms with E-state index in [1.54, 1.807) is 12.1 Å². The standard InChI is InChI=1S/C12H15BrO5/c1-2-17-6-9(14)7-18-11-4-3-8(13)5-10(11)12(15)16/h3-5,9,14H,2,6-7H2,1H3,(H,15,16). The second kappa shape index (κ2) is 7.35. The minimum Gasteiger partial charge on any atom is -0.490 e. The molecular formula is C12H15BrO5. The molecule has 0 aromatic heterocycles. The highest BCUT2D eigenvalue weighted by Gasteiger charge is 2.13. The minimum atomic E-state index is -1.08. The van der Waals surface area contributed by atoms with Crippen molar-refractivity contribution in [3.8, 4) is 5.75 Å². The van der Waals surface area contributed by atoms with Crippen molar-refractivity contribution in [2.24, 2.45) is 0 Å². The zero-order valence-corrected chi connectivity index (χ0v) is 11.5. The number of carboxylic acid groups (broad SMARTS) is 1. The Kier molecular flexibility index (Phi) is 6.11. The third-order valence-electron chi connectivity index (χ3n) is 2.12. The lowest BCUT2D eigenvalue weighted by molar-refractivity contribution is 0.0161. The fourth-order valence-electron chi connectivity index (χ4n) is 1.28. The summed E-state index contributed by atoms with van der Waals surface area (Å²) in [5.74, 6) is -0.855. The van der Waals surface area contributed by atoms with Crippen LogP contribution >= 0.6 is 15.9 Å². The Morgan fingerprint density at radius 3 is 2.78 bits per heavy atom. The van der Waals surface area contributed by atoms with Crippen LogP contribution in [-0.4, -0.2) is 42.1 Å². The molecule has 18 heavy (non-hydrogen) atoms. The lowest BCUT2D eigenvalue weighted by Crippen LogP contribution is -2.24. The first-order chi connectivity index (χ1) is 8.54. The van der Waals surface area contributed by atoms with Gasteiger partial charge in [-0.25, -0.2) is 4.79 Å². The molecule has 2 N–H and O–H groups in total. The van der Waals surface area contributed by atoms with Gasteiger partial charge in [-0.2, -0.15) is 0 Å². The number of ether oxygens (including phenoxy) is 2. The van der Waals surface area contributed by atoms with Gasteiger partial charge >= 0.3 is 5.97 Å². The van der Waals surface area contributed by atoms with Gasteiger partial charge in [-0.05, 0) is 25.1 Å². The molecule has 0 fully saturated rings. The van der Waals surface area contributed by atoms with Crippen molar-refractivity contribution in [3.05, 3.63) is 28.2 Å². The Balaban J connectivity index is 2.64. The third kappa shape index (κ3) is 4.64. The smallest absolute Gasteiger partial charge is 0.339 e.